The van der Waals surface area contributed by atoms with Gasteiger partial charge in [0.2, 0.25) is 11.8 Å². The van der Waals surface area contributed by atoms with E-state index in [-0.39, 0.29) is 35.9 Å². The van der Waals surface area contributed by atoms with Crippen LogP contribution in [-0.2, 0) is 9.59 Å². The highest BCUT2D eigenvalue weighted by Crippen LogP contribution is 2.40. The van der Waals surface area contributed by atoms with Gasteiger partial charge in [-0.3, -0.25) is 23.9 Å². The normalized spacial score (nSPS) is 20.0. The molecule has 10 nitrogen and oxygen atoms in total. The van der Waals surface area contributed by atoms with E-state index >= 15 is 0 Å². The maximum absolute atomic E-state index is 14.1. The zero-order chi connectivity index (χ0) is 34.4. The van der Waals surface area contributed by atoms with E-state index in [4.69, 9.17) is 21.3 Å². The number of aromatic nitrogens is 3. The molecule has 0 radical (unpaired) electrons. The molecule has 2 aromatic carbocycles. The number of rotatable bonds is 7. The van der Waals surface area contributed by atoms with Crippen LogP contribution in [0.3, 0.4) is 0 Å². The van der Waals surface area contributed by atoms with Crippen molar-refractivity contribution in [2.24, 2.45) is 16.8 Å². The Labute approximate surface area is 294 Å². The number of methoxy groups -OCH3 is 1. The van der Waals surface area contributed by atoms with Crippen LogP contribution in [0.5, 0.6) is 5.75 Å². The number of halogens is 1. The highest BCUT2D eigenvalue weighted by Gasteiger charge is 2.39. The van der Waals surface area contributed by atoms with Crippen molar-refractivity contribution in [1.82, 2.24) is 24.6 Å². The van der Waals surface area contributed by atoms with Gasteiger partial charge in [0.15, 0.2) is 11.6 Å². The lowest BCUT2D eigenvalue weighted by molar-refractivity contribution is -0.138. The number of benzene rings is 2. The van der Waals surface area contributed by atoms with Gasteiger partial charge in [-0.05, 0) is 87.1 Å². The summed E-state index contributed by atoms with van der Waals surface area (Å²) >= 11 is 7.93. The second kappa shape index (κ2) is 13.4. The molecule has 3 aliphatic rings. The second-order valence-corrected chi connectivity index (χ2v) is 14.7. The molecule has 2 fully saturated rings. The summed E-state index contributed by atoms with van der Waals surface area (Å²) in [7, 11) is 1.57. The van der Waals surface area contributed by atoms with Crippen LogP contribution in [0.4, 0.5) is 0 Å². The van der Waals surface area contributed by atoms with Crippen LogP contribution >= 0.6 is 22.9 Å². The van der Waals surface area contributed by atoms with Gasteiger partial charge in [0, 0.05) is 58.8 Å². The lowest BCUT2D eigenvalue weighted by Crippen LogP contribution is -2.55. The molecule has 3 aliphatic heterocycles. The van der Waals surface area contributed by atoms with Crippen LogP contribution in [0.2, 0.25) is 5.02 Å². The first-order chi connectivity index (χ1) is 23.6. The minimum atomic E-state index is -0.535. The van der Waals surface area contributed by atoms with E-state index in [1.54, 1.807) is 47.6 Å². The van der Waals surface area contributed by atoms with E-state index in [2.05, 4.69) is 28.6 Å². The molecule has 2 saturated heterocycles. The fraction of sp³-hybridized carbons (Fsp3) is 0.351. The number of hydrogen-bond acceptors (Lipinski definition) is 8. The van der Waals surface area contributed by atoms with E-state index in [0.717, 1.165) is 39.6 Å². The summed E-state index contributed by atoms with van der Waals surface area (Å²) in [5, 5.41) is 10.6. The Hall–Kier alpha value is -4.61. The molecule has 252 valence electrons. The predicted molar refractivity (Wildman–Crippen MR) is 189 cm³/mol. The van der Waals surface area contributed by atoms with E-state index in [0.29, 0.717) is 48.3 Å². The van der Waals surface area contributed by atoms with Crippen molar-refractivity contribution in [2.75, 3.05) is 33.3 Å². The number of ketones is 1. The molecule has 49 heavy (non-hydrogen) atoms. The molecule has 2 unspecified atom stereocenters. The number of likely N-dealkylation sites (tertiary alicyclic amines) is 2. The van der Waals surface area contributed by atoms with Gasteiger partial charge in [0.1, 0.15) is 22.6 Å². The van der Waals surface area contributed by atoms with Crippen LogP contribution in [0.25, 0.3) is 5.00 Å². The van der Waals surface area contributed by atoms with Crippen LogP contribution in [0, 0.1) is 32.6 Å². The number of carbonyl (C=O) groups excluding carboxylic acids is 3. The highest BCUT2D eigenvalue weighted by molar-refractivity contribution is 7.15. The summed E-state index contributed by atoms with van der Waals surface area (Å²) in [6, 6.07) is 13.9. The Morgan fingerprint density at radius 1 is 0.918 bits per heavy atom. The molecule has 12 heteroatoms. The molecule has 0 aliphatic carbocycles. The first-order valence-electron chi connectivity index (χ1n) is 16.4. The van der Waals surface area contributed by atoms with Crippen molar-refractivity contribution in [1.29, 1.82) is 0 Å². The van der Waals surface area contributed by atoms with Gasteiger partial charge in [-0.1, -0.05) is 23.7 Å². The molecule has 2 aromatic heterocycles. The number of nitrogens with zero attached hydrogens (tertiary/aromatic N) is 6. The Bertz CT molecular complexity index is 1980. The third kappa shape index (κ3) is 6.45. The fourth-order valence-corrected chi connectivity index (χ4v) is 8.54. The molecular weight excluding hydrogens is 660 g/mol. The Balaban J connectivity index is 1.07. The van der Waals surface area contributed by atoms with E-state index in [1.807, 2.05) is 36.1 Å². The summed E-state index contributed by atoms with van der Waals surface area (Å²) in [4.78, 5) is 50.0. The Kier molecular flexibility index (Phi) is 8.97. The van der Waals surface area contributed by atoms with Gasteiger partial charge < -0.3 is 14.5 Å². The number of aliphatic imine (C=N–C) groups is 1. The maximum atomic E-state index is 14.1. The number of thiophene rings is 1. The summed E-state index contributed by atoms with van der Waals surface area (Å²) in [6.07, 6.45) is 3.80. The first-order valence-corrected chi connectivity index (χ1v) is 17.6. The smallest absolute Gasteiger partial charge is 0.246 e. The molecule has 2 bridgehead atoms. The van der Waals surface area contributed by atoms with Crippen molar-refractivity contribution in [3.8, 4) is 10.8 Å². The molecule has 0 spiro atoms. The van der Waals surface area contributed by atoms with Crippen molar-refractivity contribution in [3.05, 3.63) is 104 Å². The minimum absolute atomic E-state index is 0.00836. The van der Waals surface area contributed by atoms with E-state index in [9.17, 15) is 14.4 Å². The van der Waals surface area contributed by atoms with Crippen LogP contribution in [0.15, 0.2) is 65.7 Å². The van der Waals surface area contributed by atoms with Gasteiger partial charge in [0.25, 0.3) is 0 Å². The molecule has 4 aromatic rings. The number of ether oxygens (including phenoxy) is 1. The summed E-state index contributed by atoms with van der Waals surface area (Å²) in [5.74, 6) is 1.95. The second-order valence-electron chi connectivity index (χ2n) is 13.0. The fourth-order valence-electron chi connectivity index (χ4n) is 7.20. The van der Waals surface area contributed by atoms with Crippen molar-refractivity contribution >= 4 is 46.2 Å². The summed E-state index contributed by atoms with van der Waals surface area (Å²) in [5.41, 5.74) is 4.41. The molecule has 7 rings (SSSR count). The molecule has 5 heterocycles. The SMILES string of the molecule is COc1ccc(C(=O)/C=C/C(=O)N2CC3CC(C2)CN(C(=O)C[C@@H]2N=C(c4ccc(Cl)cc4)c4c(sc(C)c4C)-n4c(C)nnc42)C3)cc1. The molecule has 3 atom stereocenters. The lowest BCUT2D eigenvalue weighted by Gasteiger charge is -2.45. The average molecular weight is 697 g/mol. The quantitative estimate of drug-likeness (QED) is 0.175. The topological polar surface area (TPSA) is 110 Å². The molecule has 2 amide bonds. The zero-order valence-corrected chi connectivity index (χ0v) is 29.4. The lowest BCUT2D eigenvalue weighted by atomic mass is 9.84. The summed E-state index contributed by atoms with van der Waals surface area (Å²) < 4.78 is 7.21. The number of carbonyl (C=O) groups is 3. The third-order valence-corrected chi connectivity index (χ3v) is 11.2. The highest BCUT2D eigenvalue weighted by atomic mass is 35.5. The van der Waals surface area contributed by atoms with Crippen molar-refractivity contribution < 1.29 is 19.1 Å². The zero-order valence-electron chi connectivity index (χ0n) is 27.9. The number of hydrogen-bond donors (Lipinski definition) is 0. The van der Waals surface area contributed by atoms with Crippen LogP contribution in [0.1, 0.15) is 62.5 Å². The predicted octanol–water partition coefficient (Wildman–Crippen LogP) is 5.94. The van der Waals surface area contributed by atoms with Crippen molar-refractivity contribution in [3.63, 3.8) is 0 Å². The Morgan fingerprint density at radius 3 is 2.27 bits per heavy atom. The third-order valence-electron chi connectivity index (χ3n) is 9.72. The monoisotopic (exact) mass is 696 g/mol. The maximum Gasteiger partial charge on any atom is 0.246 e. The molecular formula is C37H37ClN6O4S. The largest absolute Gasteiger partial charge is 0.497 e. The number of amides is 2. The van der Waals surface area contributed by atoms with Gasteiger partial charge in [-0.25, -0.2) is 0 Å². The first kappa shape index (κ1) is 32.9. The number of fused-ring (bicyclic) bond motifs is 5. The summed E-state index contributed by atoms with van der Waals surface area (Å²) in [6.45, 7) is 8.34. The molecule has 0 saturated carbocycles. The number of allylic oxidation sites excluding steroid dienone is 1. The minimum Gasteiger partial charge on any atom is -0.497 e. The van der Waals surface area contributed by atoms with Crippen molar-refractivity contribution in [2.45, 2.75) is 39.7 Å². The number of piperidine rings is 2. The average Bonchev–Trinajstić information content (AvgIpc) is 3.58. The van der Waals surface area contributed by atoms with Gasteiger partial charge in [-0.15, -0.1) is 21.5 Å². The molecule has 0 N–H and O–H groups in total. The Morgan fingerprint density at radius 2 is 1.59 bits per heavy atom. The van der Waals surface area contributed by atoms with Gasteiger partial charge >= 0.3 is 0 Å². The van der Waals surface area contributed by atoms with Gasteiger partial charge in [0.05, 0.1) is 19.2 Å². The number of aryl methyl sites for hydroxylation is 2. The van der Waals surface area contributed by atoms with E-state index < -0.39 is 6.04 Å². The van der Waals surface area contributed by atoms with Crippen LogP contribution < -0.4 is 4.74 Å². The van der Waals surface area contributed by atoms with E-state index in [1.165, 1.54) is 17.0 Å². The van der Waals surface area contributed by atoms with Crippen LogP contribution in [-0.4, -0.2) is 81.2 Å². The van der Waals surface area contributed by atoms with Gasteiger partial charge in [-0.2, -0.15) is 0 Å². The standard InChI is InChI=1S/C37H37ClN6O4S/c1-21-22(2)49-37-34(21)35(27-5-9-28(38)10-6-27)39-30(36-41-40-23(3)44(36)37)16-33(47)43-19-24-15-25(20-43)18-42(17-24)32(46)14-13-31(45)26-7-11-29(48-4)12-8-26/h5-14,24-25,30H,15-20H2,1-4H3/b14-13+/t24?,25?,30-/m0/s1.